The van der Waals surface area contributed by atoms with Crippen LogP contribution in [0.25, 0.3) is 0 Å². The molecule has 9 nitrogen and oxygen atoms in total. The number of nitrogens with zero attached hydrogens (tertiary/aromatic N) is 2. The largest absolute Gasteiger partial charge is 0.368 e. The Morgan fingerprint density at radius 2 is 1.86 bits per heavy atom. The molecule has 126 valence electrons. The van der Waals surface area contributed by atoms with Crippen LogP contribution in [0.2, 0.25) is 0 Å². The molecule has 2 heterocycles. The minimum absolute atomic E-state index is 0.0589. The fourth-order valence-electron chi connectivity index (χ4n) is 2.54. The van der Waals surface area contributed by atoms with Crippen molar-refractivity contribution in [2.24, 2.45) is 5.73 Å². The lowest BCUT2D eigenvalue weighted by molar-refractivity contribution is -0.130. The maximum absolute atomic E-state index is 11.7. The third-order valence-electron chi connectivity index (χ3n) is 3.88. The van der Waals surface area contributed by atoms with Crippen molar-refractivity contribution in [1.29, 1.82) is 0 Å². The predicted octanol–water partition coefficient (Wildman–Crippen LogP) is -1.69. The fraction of sp³-hybridized carbons (Fsp3) is 0.833. The molecule has 0 atom stereocenters. The zero-order valence-corrected chi connectivity index (χ0v) is 13.3. The zero-order valence-electron chi connectivity index (χ0n) is 12.5. The number of hydrogen-bond donors (Lipinski definition) is 2. The second kappa shape index (κ2) is 6.80. The molecule has 2 aliphatic rings. The number of likely N-dealkylation sites (tertiary alicyclic amines) is 1. The van der Waals surface area contributed by atoms with Gasteiger partial charge in [0.05, 0.1) is 18.4 Å². The van der Waals surface area contributed by atoms with Crippen molar-refractivity contribution in [1.82, 2.24) is 14.5 Å². The van der Waals surface area contributed by atoms with Crippen molar-refractivity contribution >= 4 is 22.0 Å². The summed E-state index contributed by atoms with van der Waals surface area (Å²) in [6.45, 7) is 1.63. The van der Waals surface area contributed by atoms with E-state index in [1.165, 1.54) is 15.5 Å². The van der Waals surface area contributed by atoms with E-state index < -0.39 is 16.1 Å². The van der Waals surface area contributed by atoms with E-state index in [9.17, 15) is 18.0 Å². The van der Waals surface area contributed by atoms with Gasteiger partial charge in [0.2, 0.25) is 15.9 Å². The smallest absolute Gasteiger partial charge is 0.314 e. The highest BCUT2D eigenvalue weighted by Crippen LogP contribution is 2.16. The highest BCUT2D eigenvalue weighted by Gasteiger charge is 2.31. The van der Waals surface area contributed by atoms with Gasteiger partial charge in [-0.2, -0.15) is 0 Å². The standard InChI is InChI=1S/C12H22N4O5S/c1-22(19,20)16-4-2-10(3-5-16)21-8-11(17)14-9-6-15(7-9)12(13)18/h9-10H,2-8H2,1H3,(H2,13,18)(H,14,17). The first-order valence-corrected chi connectivity index (χ1v) is 9.01. The van der Waals surface area contributed by atoms with Gasteiger partial charge >= 0.3 is 6.03 Å². The highest BCUT2D eigenvalue weighted by molar-refractivity contribution is 7.88. The maximum atomic E-state index is 11.7. The van der Waals surface area contributed by atoms with Crippen LogP contribution in [0.5, 0.6) is 0 Å². The van der Waals surface area contributed by atoms with Crippen molar-refractivity contribution in [2.45, 2.75) is 25.0 Å². The molecule has 0 bridgehead atoms. The quantitative estimate of drug-likeness (QED) is 0.621. The Balaban J connectivity index is 1.61. The molecule has 22 heavy (non-hydrogen) atoms. The summed E-state index contributed by atoms with van der Waals surface area (Å²) in [4.78, 5) is 24.0. The summed E-state index contributed by atoms with van der Waals surface area (Å²) in [6, 6.07) is -0.560. The maximum Gasteiger partial charge on any atom is 0.314 e. The van der Waals surface area contributed by atoms with Crippen molar-refractivity contribution in [2.75, 3.05) is 39.0 Å². The highest BCUT2D eigenvalue weighted by atomic mass is 32.2. The Bertz CT molecular complexity index is 524. The number of rotatable bonds is 5. The van der Waals surface area contributed by atoms with Crippen LogP contribution in [0.4, 0.5) is 4.79 Å². The molecule has 2 rings (SSSR count). The number of piperidine rings is 1. The summed E-state index contributed by atoms with van der Waals surface area (Å²) in [7, 11) is -3.15. The second-order valence-electron chi connectivity index (χ2n) is 5.68. The Morgan fingerprint density at radius 3 is 2.36 bits per heavy atom. The van der Waals surface area contributed by atoms with Gasteiger partial charge < -0.3 is 20.7 Å². The van der Waals surface area contributed by atoms with Crippen molar-refractivity contribution < 1.29 is 22.7 Å². The van der Waals surface area contributed by atoms with E-state index in [4.69, 9.17) is 10.5 Å². The number of nitrogens with one attached hydrogen (secondary N) is 1. The number of sulfonamides is 1. The van der Waals surface area contributed by atoms with E-state index in [0.29, 0.717) is 39.0 Å². The van der Waals surface area contributed by atoms with E-state index in [2.05, 4.69) is 5.32 Å². The minimum atomic E-state index is -3.15. The number of primary amides is 1. The first-order chi connectivity index (χ1) is 10.3. The van der Waals surface area contributed by atoms with Crippen molar-refractivity contribution in [3.8, 4) is 0 Å². The second-order valence-corrected chi connectivity index (χ2v) is 7.66. The molecule has 3 amide bonds. The molecule has 2 fully saturated rings. The summed E-state index contributed by atoms with van der Waals surface area (Å²) in [5.74, 6) is -0.236. The Kier molecular flexibility index (Phi) is 5.24. The molecule has 10 heteroatoms. The van der Waals surface area contributed by atoms with E-state index in [1.807, 2.05) is 0 Å². The normalized spacial score (nSPS) is 21.4. The molecule has 0 aliphatic carbocycles. The van der Waals surface area contributed by atoms with E-state index in [-0.39, 0.29) is 24.7 Å². The van der Waals surface area contributed by atoms with Crippen LogP contribution >= 0.6 is 0 Å². The number of amides is 3. The van der Waals surface area contributed by atoms with Gasteiger partial charge in [0.25, 0.3) is 0 Å². The first-order valence-electron chi connectivity index (χ1n) is 7.16. The molecule has 2 aliphatic heterocycles. The Hall–Kier alpha value is -1.39. The number of hydrogen-bond acceptors (Lipinski definition) is 5. The lowest BCUT2D eigenvalue weighted by Crippen LogP contribution is -2.62. The number of nitrogens with two attached hydrogens (primary N) is 1. The SMILES string of the molecule is CS(=O)(=O)N1CCC(OCC(=O)NC2CN(C(N)=O)C2)CC1. The monoisotopic (exact) mass is 334 g/mol. The van der Waals surface area contributed by atoms with Gasteiger partial charge in [-0.3, -0.25) is 4.79 Å². The van der Waals surface area contributed by atoms with Crippen LogP contribution in [0, 0.1) is 0 Å². The van der Waals surface area contributed by atoms with Crippen LogP contribution in [0.3, 0.4) is 0 Å². The number of ether oxygens (including phenoxy) is 1. The van der Waals surface area contributed by atoms with Crippen LogP contribution < -0.4 is 11.1 Å². The average Bonchev–Trinajstić information content (AvgIpc) is 2.39. The van der Waals surface area contributed by atoms with Crippen LogP contribution in [0.15, 0.2) is 0 Å². The molecule has 0 unspecified atom stereocenters. The molecular weight excluding hydrogens is 312 g/mol. The number of carbonyl (C=O) groups excluding carboxylic acids is 2. The molecule has 0 saturated carbocycles. The van der Waals surface area contributed by atoms with Crippen LogP contribution in [-0.4, -0.2) is 80.7 Å². The summed E-state index contributed by atoms with van der Waals surface area (Å²) in [6.07, 6.45) is 2.25. The first kappa shape index (κ1) is 17.0. The third kappa shape index (κ3) is 4.55. The molecule has 2 saturated heterocycles. The molecule has 3 N–H and O–H groups in total. The summed E-state index contributed by atoms with van der Waals surface area (Å²) < 4.78 is 29.7. The van der Waals surface area contributed by atoms with E-state index >= 15 is 0 Å². The van der Waals surface area contributed by atoms with Crippen molar-refractivity contribution in [3.05, 3.63) is 0 Å². The van der Waals surface area contributed by atoms with Gasteiger partial charge in [0, 0.05) is 26.2 Å². The molecule has 0 radical (unpaired) electrons. The Labute approximate surface area is 129 Å². The molecular formula is C12H22N4O5S. The van der Waals surface area contributed by atoms with Gasteiger partial charge in [-0.25, -0.2) is 17.5 Å². The van der Waals surface area contributed by atoms with Gasteiger partial charge in [-0.05, 0) is 12.8 Å². The average molecular weight is 334 g/mol. The van der Waals surface area contributed by atoms with Gasteiger partial charge in [0.1, 0.15) is 6.61 Å². The summed E-state index contributed by atoms with van der Waals surface area (Å²) >= 11 is 0. The molecule has 0 aromatic rings. The van der Waals surface area contributed by atoms with Crippen LogP contribution in [0.1, 0.15) is 12.8 Å². The number of carbonyl (C=O) groups is 2. The fourth-order valence-corrected chi connectivity index (χ4v) is 3.42. The van der Waals surface area contributed by atoms with Gasteiger partial charge in [0.15, 0.2) is 0 Å². The third-order valence-corrected chi connectivity index (χ3v) is 5.18. The molecule has 0 aromatic carbocycles. The van der Waals surface area contributed by atoms with Gasteiger partial charge in [-0.1, -0.05) is 0 Å². The van der Waals surface area contributed by atoms with Crippen LogP contribution in [-0.2, 0) is 19.6 Å². The van der Waals surface area contributed by atoms with Gasteiger partial charge in [-0.15, -0.1) is 0 Å². The molecule has 0 aromatic heterocycles. The lowest BCUT2D eigenvalue weighted by Gasteiger charge is -2.38. The predicted molar refractivity (Wildman–Crippen MR) is 78.5 cm³/mol. The molecule has 0 spiro atoms. The Morgan fingerprint density at radius 1 is 1.27 bits per heavy atom. The van der Waals surface area contributed by atoms with E-state index in [0.717, 1.165) is 0 Å². The summed E-state index contributed by atoms with van der Waals surface area (Å²) in [5.41, 5.74) is 5.09. The summed E-state index contributed by atoms with van der Waals surface area (Å²) in [5, 5.41) is 2.75. The van der Waals surface area contributed by atoms with Crippen molar-refractivity contribution in [3.63, 3.8) is 0 Å². The number of urea groups is 1. The zero-order chi connectivity index (χ0) is 16.3. The van der Waals surface area contributed by atoms with E-state index in [1.54, 1.807) is 0 Å². The minimum Gasteiger partial charge on any atom is -0.368 e. The lowest BCUT2D eigenvalue weighted by atomic mass is 10.1. The topological polar surface area (TPSA) is 122 Å².